The minimum Gasteiger partial charge on any atom is -0.480 e. The monoisotopic (exact) mass is 323 g/mol. The summed E-state index contributed by atoms with van der Waals surface area (Å²) in [6.07, 6.45) is 0.262. The second kappa shape index (κ2) is 4.99. The number of aliphatic carboxylic acids is 1. The maximum atomic E-state index is 13.7. The van der Waals surface area contributed by atoms with E-state index in [-0.39, 0.29) is 31.5 Å². The molecule has 0 aromatic heterocycles. The molecule has 1 aromatic carbocycles. The fraction of sp³-hybridized carbons (Fsp3) is 0.417. The van der Waals surface area contributed by atoms with Crippen molar-refractivity contribution in [3.8, 4) is 0 Å². The van der Waals surface area contributed by atoms with Crippen LogP contribution >= 0.6 is 0 Å². The van der Waals surface area contributed by atoms with E-state index in [4.69, 9.17) is 0 Å². The lowest BCUT2D eigenvalue weighted by Gasteiger charge is -2.30. The van der Waals surface area contributed by atoms with E-state index in [0.717, 1.165) is 0 Å². The lowest BCUT2D eigenvalue weighted by Crippen LogP contribution is -2.50. The first kappa shape index (κ1) is 15.8. The molecule has 1 aromatic rings. The molecule has 0 aliphatic carbocycles. The number of carboxylic acids is 1. The number of carbonyl (C=O) groups is 1. The van der Waals surface area contributed by atoms with Gasteiger partial charge in [0, 0.05) is 18.7 Å². The Labute approximate surface area is 119 Å². The van der Waals surface area contributed by atoms with Crippen molar-refractivity contribution in [2.45, 2.75) is 30.2 Å². The first-order valence-electron chi connectivity index (χ1n) is 6.01. The van der Waals surface area contributed by atoms with Crippen LogP contribution in [0.15, 0.2) is 17.0 Å². The van der Waals surface area contributed by atoms with Crippen LogP contribution in [-0.4, -0.2) is 35.9 Å². The molecule has 5 nitrogen and oxygen atoms in total. The van der Waals surface area contributed by atoms with E-state index in [9.17, 15) is 31.5 Å². The molecule has 1 heterocycles. The van der Waals surface area contributed by atoms with Gasteiger partial charge in [-0.25, -0.2) is 21.6 Å². The van der Waals surface area contributed by atoms with Crippen molar-refractivity contribution in [2.24, 2.45) is 0 Å². The van der Waals surface area contributed by atoms with Gasteiger partial charge in [0.1, 0.15) is 23.0 Å². The van der Waals surface area contributed by atoms with Crippen molar-refractivity contribution >= 4 is 16.0 Å². The summed E-state index contributed by atoms with van der Waals surface area (Å²) in [5.74, 6) is -5.85. The van der Waals surface area contributed by atoms with Gasteiger partial charge in [-0.15, -0.1) is 0 Å². The maximum Gasteiger partial charge on any atom is 0.324 e. The minimum absolute atomic E-state index is 0.0198. The zero-order valence-corrected chi connectivity index (χ0v) is 11.8. The van der Waals surface area contributed by atoms with Crippen LogP contribution in [0.4, 0.5) is 13.2 Å². The Bertz CT molecular complexity index is 683. The van der Waals surface area contributed by atoms with Crippen LogP contribution in [0.1, 0.15) is 19.8 Å². The number of nitrogens with zero attached hydrogens (tertiary/aromatic N) is 1. The first-order valence-corrected chi connectivity index (χ1v) is 7.45. The zero-order valence-electron chi connectivity index (χ0n) is 10.9. The van der Waals surface area contributed by atoms with Crippen LogP contribution in [-0.2, 0) is 14.8 Å². The van der Waals surface area contributed by atoms with Crippen LogP contribution in [0, 0.1) is 17.5 Å². The highest BCUT2D eigenvalue weighted by Crippen LogP contribution is 2.36. The molecule has 0 radical (unpaired) electrons. The Morgan fingerprint density at radius 1 is 1.29 bits per heavy atom. The van der Waals surface area contributed by atoms with Crippen molar-refractivity contribution in [1.29, 1.82) is 0 Å². The van der Waals surface area contributed by atoms with Gasteiger partial charge >= 0.3 is 5.97 Å². The van der Waals surface area contributed by atoms with E-state index in [1.54, 1.807) is 0 Å². The molecule has 116 valence electrons. The van der Waals surface area contributed by atoms with Crippen molar-refractivity contribution in [1.82, 2.24) is 4.31 Å². The Balaban J connectivity index is 2.61. The van der Waals surface area contributed by atoms with Gasteiger partial charge in [0.05, 0.1) is 0 Å². The summed E-state index contributed by atoms with van der Waals surface area (Å²) >= 11 is 0. The number of benzene rings is 1. The standard InChI is InChI=1S/C12H12F3NO4S/c1-12(11(17)18)3-2-4-16(12)21(19,20)10-8(14)5-7(13)6-9(10)15/h5-6H,2-4H2,1H3,(H,17,18). The molecule has 1 atom stereocenters. The normalized spacial score (nSPS) is 23.4. The Morgan fingerprint density at radius 2 is 1.81 bits per heavy atom. The third kappa shape index (κ3) is 2.40. The Morgan fingerprint density at radius 3 is 2.29 bits per heavy atom. The summed E-state index contributed by atoms with van der Waals surface area (Å²) in [5.41, 5.74) is -1.79. The lowest BCUT2D eigenvalue weighted by molar-refractivity contribution is -0.146. The highest BCUT2D eigenvalue weighted by Gasteiger charge is 2.51. The number of sulfonamides is 1. The number of hydrogen-bond acceptors (Lipinski definition) is 3. The highest BCUT2D eigenvalue weighted by molar-refractivity contribution is 7.89. The van der Waals surface area contributed by atoms with Gasteiger partial charge < -0.3 is 5.11 Å². The van der Waals surface area contributed by atoms with Crippen LogP contribution in [0.5, 0.6) is 0 Å². The molecule has 1 unspecified atom stereocenters. The molecule has 2 rings (SSSR count). The Hall–Kier alpha value is -1.61. The summed E-state index contributed by atoms with van der Waals surface area (Å²) < 4.78 is 65.5. The van der Waals surface area contributed by atoms with Gasteiger partial charge in [-0.1, -0.05) is 0 Å². The van der Waals surface area contributed by atoms with E-state index >= 15 is 0 Å². The molecule has 1 aliphatic heterocycles. The predicted molar refractivity (Wildman–Crippen MR) is 65.5 cm³/mol. The highest BCUT2D eigenvalue weighted by atomic mass is 32.2. The van der Waals surface area contributed by atoms with Gasteiger partial charge in [0.25, 0.3) is 0 Å². The number of carboxylic acid groups (broad SMARTS) is 1. The number of halogens is 3. The van der Waals surface area contributed by atoms with Gasteiger partial charge in [-0.2, -0.15) is 4.31 Å². The van der Waals surface area contributed by atoms with Crippen LogP contribution in [0.3, 0.4) is 0 Å². The Kier molecular flexibility index (Phi) is 3.75. The molecular weight excluding hydrogens is 311 g/mol. The molecular formula is C12H12F3NO4S. The molecule has 1 saturated heterocycles. The van der Waals surface area contributed by atoms with Gasteiger partial charge in [-0.05, 0) is 19.8 Å². The van der Waals surface area contributed by atoms with E-state index in [1.165, 1.54) is 6.92 Å². The van der Waals surface area contributed by atoms with E-state index < -0.39 is 43.9 Å². The van der Waals surface area contributed by atoms with Crippen molar-refractivity contribution in [3.63, 3.8) is 0 Å². The van der Waals surface area contributed by atoms with Crippen molar-refractivity contribution < 1.29 is 31.5 Å². The topological polar surface area (TPSA) is 74.7 Å². The summed E-state index contributed by atoms with van der Waals surface area (Å²) in [6.45, 7) is 0.987. The summed E-state index contributed by atoms with van der Waals surface area (Å²) in [5, 5.41) is 9.18. The average molecular weight is 323 g/mol. The van der Waals surface area contributed by atoms with Crippen LogP contribution in [0.25, 0.3) is 0 Å². The largest absolute Gasteiger partial charge is 0.480 e. The molecule has 0 bridgehead atoms. The SMILES string of the molecule is CC1(C(=O)O)CCCN1S(=O)(=O)c1c(F)cc(F)cc1F. The van der Waals surface area contributed by atoms with Crippen LogP contribution in [0.2, 0.25) is 0 Å². The predicted octanol–water partition coefficient (Wildman–Crippen LogP) is 1.73. The first-order chi connectivity index (χ1) is 9.60. The lowest BCUT2D eigenvalue weighted by atomic mass is 10.0. The second-order valence-corrected chi connectivity index (χ2v) is 6.76. The third-order valence-electron chi connectivity index (χ3n) is 3.55. The molecule has 0 spiro atoms. The van der Waals surface area contributed by atoms with Gasteiger partial charge in [0.2, 0.25) is 10.0 Å². The average Bonchev–Trinajstić information content (AvgIpc) is 2.71. The quantitative estimate of drug-likeness (QED) is 0.919. The summed E-state index contributed by atoms with van der Waals surface area (Å²) in [4.78, 5) is 9.95. The smallest absolute Gasteiger partial charge is 0.324 e. The van der Waals surface area contributed by atoms with Gasteiger partial charge in [-0.3, -0.25) is 4.79 Å². The maximum absolute atomic E-state index is 13.7. The van der Waals surface area contributed by atoms with E-state index in [1.807, 2.05) is 0 Å². The number of hydrogen-bond donors (Lipinski definition) is 1. The molecule has 0 amide bonds. The fourth-order valence-corrected chi connectivity index (χ4v) is 4.32. The molecule has 1 N–H and O–H groups in total. The zero-order chi connectivity index (χ0) is 16.0. The molecule has 0 saturated carbocycles. The molecule has 9 heteroatoms. The van der Waals surface area contributed by atoms with Gasteiger partial charge in [0.15, 0.2) is 4.90 Å². The van der Waals surface area contributed by atoms with Crippen LogP contribution < -0.4 is 0 Å². The fourth-order valence-electron chi connectivity index (χ4n) is 2.42. The summed E-state index contributed by atoms with van der Waals surface area (Å²) in [6, 6.07) is 0.480. The third-order valence-corrected chi connectivity index (χ3v) is 5.62. The summed E-state index contributed by atoms with van der Waals surface area (Å²) in [7, 11) is -4.73. The molecule has 1 aliphatic rings. The van der Waals surface area contributed by atoms with Crippen molar-refractivity contribution in [2.75, 3.05) is 6.54 Å². The second-order valence-electron chi connectivity index (χ2n) is 4.96. The molecule has 1 fully saturated rings. The van der Waals surface area contributed by atoms with E-state index in [0.29, 0.717) is 4.31 Å². The number of rotatable bonds is 3. The van der Waals surface area contributed by atoms with E-state index in [2.05, 4.69) is 0 Å². The minimum atomic E-state index is -4.73. The molecule has 21 heavy (non-hydrogen) atoms. The van der Waals surface area contributed by atoms with Crippen molar-refractivity contribution in [3.05, 3.63) is 29.6 Å².